The lowest BCUT2D eigenvalue weighted by Crippen LogP contribution is -2.28. The van der Waals surface area contributed by atoms with Crippen LogP contribution in [0.5, 0.6) is 0 Å². The molecular formula is C21H19ClFN3O3. The Hall–Kier alpha value is -2.93. The lowest BCUT2D eigenvalue weighted by atomic mass is 10.1. The molecule has 0 bridgehead atoms. The Morgan fingerprint density at radius 1 is 1.07 bits per heavy atom. The Kier molecular flexibility index (Phi) is 5.24. The fourth-order valence-electron chi connectivity index (χ4n) is 3.74. The topological polar surface area (TPSA) is 69.7 Å². The Balaban J connectivity index is 1.45. The van der Waals surface area contributed by atoms with E-state index in [2.05, 4.69) is 5.32 Å². The van der Waals surface area contributed by atoms with Crippen molar-refractivity contribution < 1.29 is 18.8 Å². The molecule has 1 N–H and O–H groups in total. The highest BCUT2D eigenvalue weighted by molar-refractivity contribution is 6.34. The van der Waals surface area contributed by atoms with E-state index in [1.54, 1.807) is 35.2 Å². The third-order valence-corrected chi connectivity index (χ3v) is 5.52. The molecule has 0 aliphatic carbocycles. The van der Waals surface area contributed by atoms with Gasteiger partial charge in [0.1, 0.15) is 5.82 Å². The van der Waals surface area contributed by atoms with Crippen molar-refractivity contribution in [1.29, 1.82) is 0 Å². The van der Waals surface area contributed by atoms with Gasteiger partial charge in [-0.15, -0.1) is 0 Å². The van der Waals surface area contributed by atoms with Gasteiger partial charge in [0, 0.05) is 31.6 Å². The standard InChI is InChI=1S/C21H19ClFN3O3/c22-15-11-14(7-8-17(15)25-9-3-6-19(25)27)24-21(29)13-10-20(28)26(12-13)18-5-2-1-4-16(18)23/h1-2,4-5,7-8,11,13H,3,6,9-10,12H2,(H,24,29). The average molecular weight is 416 g/mol. The summed E-state index contributed by atoms with van der Waals surface area (Å²) < 4.78 is 14.0. The van der Waals surface area contributed by atoms with Gasteiger partial charge >= 0.3 is 0 Å². The largest absolute Gasteiger partial charge is 0.326 e. The maximum absolute atomic E-state index is 14.0. The summed E-state index contributed by atoms with van der Waals surface area (Å²) in [5.74, 6) is -1.70. The van der Waals surface area contributed by atoms with Gasteiger partial charge in [0.15, 0.2) is 0 Å². The van der Waals surface area contributed by atoms with Crippen LogP contribution in [0.1, 0.15) is 19.3 Å². The number of anilines is 3. The number of nitrogens with zero attached hydrogens (tertiary/aromatic N) is 2. The molecule has 0 aromatic heterocycles. The Morgan fingerprint density at radius 3 is 2.55 bits per heavy atom. The zero-order chi connectivity index (χ0) is 20.5. The number of carbonyl (C=O) groups is 3. The molecule has 1 atom stereocenters. The summed E-state index contributed by atoms with van der Waals surface area (Å²) in [6.45, 7) is 0.736. The zero-order valence-corrected chi connectivity index (χ0v) is 16.3. The van der Waals surface area contributed by atoms with E-state index >= 15 is 0 Å². The number of hydrogen-bond acceptors (Lipinski definition) is 3. The monoisotopic (exact) mass is 415 g/mol. The number of amides is 3. The molecule has 6 nitrogen and oxygen atoms in total. The summed E-state index contributed by atoms with van der Waals surface area (Å²) in [6.07, 6.45) is 1.30. The van der Waals surface area contributed by atoms with Crippen molar-refractivity contribution in [1.82, 2.24) is 0 Å². The molecule has 2 aliphatic heterocycles. The molecule has 2 aliphatic rings. The van der Waals surface area contributed by atoms with E-state index in [0.29, 0.717) is 29.4 Å². The highest BCUT2D eigenvalue weighted by Gasteiger charge is 2.36. The molecule has 2 saturated heterocycles. The maximum Gasteiger partial charge on any atom is 0.229 e. The second-order valence-corrected chi connectivity index (χ2v) is 7.57. The van der Waals surface area contributed by atoms with Gasteiger partial charge in [0.25, 0.3) is 0 Å². The number of nitrogens with one attached hydrogen (secondary N) is 1. The van der Waals surface area contributed by atoms with E-state index in [-0.39, 0.29) is 36.4 Å². The van der Waals surface area contributed by atoms with Crippen LogP contribution in [0.15, 0.2) is 42.5 Å². The summed E-state index contributed by atoms with van der Waals surface area (Å²) in [4.78, 5) is 39.8. The normalized spacial score (nSPS) is 19.2. The molecule has 2 heterocycles. The Labute approximate surface area is 172 Å². The van der Waals surface area contributed by atoms with Crippen LogP contribution < -0.4 is 15.1 Å². The average Bonchev–Trinajstić information content (AvgIpc) is 3.28. The minimum atomic E-state index is -0.597. The lowest BCUT2D eigenvalue weighted by Gasteiger charge is -2.19. The molecule has 2 aromatic rings. The molecule has 2 aromatic carbocycles. The number of carbonyl (C=O) groups excluding carboxylic acids is 3. The number of halogens is 2. The van der Waals surface area contributed by atoms with E-state index < -0.39 is 11.7 Å². The van der Waals surface area contributed by atoms with Crippen LogP contribution in [0.2, 0.25) is 5.02 Å². The van der Waals surface area contributed by atoms with Gasteiger partial charge < -0.3 is 15.1 Å². The zero-order valence-electron chi connectivity index (χ0n) is 15.5. The molecular weight excluding hydrogens is 397 g/mol. The minimum absolute atomic E-state index is 0.00820. The first-order valence-corrected chi connectivity index (χ1v) is 9.77. The van der Waals surface area contributed by atoms with Crippen molar-refractivity contribution in [3.8, 4) is 0 Å². The number of hydrogen-bond donors (Lipinski definition) is 1. The van der Waals surface area contributed by atoms with E-state index in [4.69, 9.17) is 11.6 Å². The molecule has 0 spiro atoms. The second-order valence-electron chi connectivity index (χ2n) is 7.16. The van der Waals surface area contributed by atoms with E-state index in [1.165, 1.54) is 17.0 Å². The van der Waals surface area contributed by atoms with Crippen molar-refractivity contribution in [2.45, 2.75) is 19.3 Å². The third kappa shape index (κ3) is 3.82. The van der Waals surface area contributed by atoms with Crippen LogP contribution in [-0.4, -0.2) is 30.8 Å². The molecule has 2 fully saturated rings. The maximum atomic E-state index is 14.0. The summed E-state index contributed by atoms with van der Waals surface area (Å²) in [6, 6.07) is 11.0. The first kappa shape index (κ1) is 19.4. The van der Waals surface area contributed by atoms with Gasteiger partial charge in [0.2, 0.25) is 17.7 Å². The summed E-state index contributed by atoms with van der Waals surface area (Å²) in [5.41, 5.74) is 1.27. The second kappa shape index (κ2) is 7.83. The van der Waals surface area contributed by atoms with Crippen LogP contribution >= 0.6 is 11.6 Å². The first-order chi connectivity index (χ1) is 13.9. The molecule has 1 unspecified atom stereocenters. The minimum Gasteiger partial charge on any atom is -0.326 e. The number of benzene rings is 2. The van der Waals surface area contributed by atoms with E-state index in [1.807, 2.05) is 0 Å². The third-order valence-electron chi connectivity index (χ3n) is 5.22. The predicted octanol–water partition coefficient (Wildman–Crippen LogP) is 3.60. The van der Waals surface area contributed by atoms with Crippen LogP contribution in [-0.2, 0) is 14.4 Å². The molecule has 0 saturated carbocycles. The van der Waals surface area contributed by atoms with Gasteiger partial charge in [-0.2, -0.15) is 0 Å². The summed E-state index contributed by atoms with van der Waals surface area (Å²) >= 11 is 6.31. The molecule has 3 amide bonds. The summed E-state index contributed by atoms with van der Waals surface area (Å²) in [7, 11) is 0. The Bertz CT molecular complexity index is 997. The van der Waals surface area contributed by atoms with Crippen LogP contribution in [0.4, 0.5) is 21.5 Å². The quantitative estimate of drug-likeness (QED) is 0.829. The molecule has 8 heteroatoms. The molecule has 4 rings (SSSR count). The molecule has 0 radical (unpaired) electrons. The number of para-hydroxylation sites is 1. The SMILES string of the molecule is O=C(Nc1ccc(N2CCCC2=O)c(Cl)c1)C1CC(=O)N(c2ccccc2F)C1. The molecule has 29 heavy (non-hydrogen) atoms. The van der Waals surface area contributed by atoms with E-state index in [9.17, 15) is 18.8 Å². The Morgan fingerprint density at radius 2 is 1.86 bits per heavy atom. The van der Waals surface area contributed by atoms with Crippen LogP contribution in [0, 0.1) is 11.7 Å². The lowest BCUT2D eigenvalue weighted by molar-refractivity contribution is -0.122. The highest BCUT2D eigenvalue weighted by Crippen LogP contribution is 2.32. The predicted molar refractivity (Wildman–Crippen MR) is 109 cm³/mol. The van der Waals surface area contributed by atoms with Gasteiger partial charge in [-0.1, -0.05) is 23.7 Å². The first-order valence-electron chi connectivity index (χ1n) is 9.39. The van der Waals surface area contributed by atoms with Crippen molar-refractivity contribution in [2.75, 3.05) is 28.2 Å². The van der Waals surface area contributed by atoms with E-state index in [0.717, 1.165) is 6.42 Å². The number of rotatable bonds is 4. The highest BCUT2D eigenvalue weighted by atomic mass is 35.5. The van der Waals surface area contributed by atoms with Gasteiger partial charge in [-0.25, -0.2) is 4.39 Å². The van der Waals surface area contributed by atoms with Crippen molar-refractivity contribution in [2.24, 2.45) is 5.92 Å². The van der Waals surface area contributed by atoms with Crippen molar-refractivity contribution in [3.63, 3.8) is 0 Å². The fraction of sp³-hybridized carbons (Fsp3) is 0.286. The van der Waals surface area contributed by atoms with Gasteiger partial charge in [0.05, 0.1) is 22.3 Å². The van der Waals surface area contributed by atoms with Gasteiger partial charge in [-0.3, -0.25) is 14.4 Å². The smallest absolute Gasteiger partial charge is 0.229 e. The van der Waals surface area contributed by atoms with Crippen molar-refractivity contribution >= 4 is 46.4 Å². The van der Waals surface area contributed by atoms with Crippen LogP contribution in [0.3, 0.4) is 0 Å². The summed E-state index contributed by atoms with van der Waals surface area (Å²) in [5, 5.41) is 3.13. The fourth-order valence-corrected chi connectivity index (χ4v) is 4.02. The molecule has 150 valence electrons. The van der Waals surface area contributed by atoms with Gasteiger partial charge in [-0.05, 0) is 36.8 Å². The van der Waals surface area contributed by atoms with Crippen molar-refractivity contribution in [3.05, 3.63) is 53.3 Å². The van der Waals surface area contributed by atoms with Crippen LogP contribution in [0.25, 0.3) is 0 Å².